The van der Waals surface area contributed by atoms with E-state index in [1.54, 1.807) is 6.07 Å². The Balaban J connectivity index is 0.00000225. The number of sulfonamides is 1. The molecule has 8 heteroatoms. The number of hydrogen-bond acceptors (Lipinski definition) is 5. The van der Waals surface area contributed by atoms with Crippen molar-refractivity contribution in [2.24, 2.45) is 0 Å². The molecule has 6 nitrogen and oxygen atoms in total. The second kappa shape index (κ2) is 8.29. The predicted molar refractivity (Wildman–Crippen MR) is 114 cm³/mol. The Morgan fingerprint density at radius 3 is 2.29 bits per heavy atom. The van der Waals surface area contributed by atoms with Gasteiger partial charge in [0.2, 0.25) is 5.44 Å². The first-order chi connectivity index (χ1) is 12.9. The molecular weight excluding hydrogens is 398 g/mol. The molecule has 152 valence electrons. The summed E-state index contributed by atoms with van der Waals surface area (Å²) in [6.07, 6.45) is 0. The lowest BCUT2D eigenvalue weighted by Crippen LogP contribution is -2.58. The number of hydrogen-bond donors (Lipinski definition) is 1. The van der Waals surface area contributed by atoms with Gasteiger partial charge >= 0.3 is 0 Å². The SMILES string of the molecule is CC1CN(CC2Oc3ccccc3N(c3ccccc3)S2(=O)=O)CC(C)N1.Cl. The first-order valence-electron chi connectivity index (χ1n) is 9.28. The van der Waals surface area contributed by atoms with Crippen molar-refractivity contribution in [3.05, 3.63) is 54.6 Å². The van der Waals surface area contributed by atoms with E-state index in [0.29, 0.717) is 35.8 Å². The predicted octanol–water partition coefficient (Wildman–Crippen LogP) is 2.98. The molecule has 2 heterocycles. The van der Waals surface area contributed by atoms with Gasteiger partial charge in [-0.1, -0.05) is 30.3 Å². The van der Waals surface area contributed by atoms with Crippen LogP contribution in [0.15, 0.2) is 54.6 Å². The number of fused-ring (bicyclic) bond motifs is 1. The van der Waals surface area contributed by atoms with Crippen LogP contribution in [0.3, 0.4) is 0 Å². The van der Waals surface area contributed by atoms with Gasteiger partial charge in [-0.05, 0) is 38.1 Å². The number of para-hydroxylation sites is 3. The van der Waals surface area contributed by atoms with Crippen LogP contribution in [-0.4, -0.2) is 50.5 Å². The molecule has 2 aromatic carbocycles. The highest BCUT2D eigenvalue weighted by molar-refractivity contribution is 7.93. The summed E-state index contributed by atoms with van der Waals surface area (Å²) >= 11 is 0. The van der Waals surface area contributed by atoms with Crippen LogP contribution in [0.4, 0.5) is 11.4 Å². The van der Waals surface area contributed by atoms with Gasteiger partial charge in [-0.3, -0.25) is 4.90 Å². The van der Waals surface area contributed by atoms with E-state index >= 15 is 0 Å². The Bertz CT molecular complexity index is 900. The molecule has 1 fully saturated rings. The second-order valence-electron chi connectivity index (χ2n) is 7.35. The van der Waals surface area contributed by atoms with Crippen molar-refractivity contribution < 1.29 is 13.2 Å². The summed E-state index contributed by atoms with van der Waals surface area (Å²) in [7, 11) is -3.72. The van der Waals surface area contributed by atoms with E-state index < -0.39 is 15.5 Å². The standard InChI is InChI=1S/C20H25N3O3S.ClH/c1-15-12-22(13-16(2)21-15)14-20-26-19-11-7-6-10-18(19)23(27(20,24)25)17-8-4-3-5-9-17;/h3-11,15-16,20-21H,12-14H2,1-2H3;1H. The quantitative estimate of drug-likeness (QED) is 0.822. The number of anilines is 2. The largest absolute Gasteiger partial charge is 0.469 e. The van der Waals surface area contributed by atoms with Gasteiger partial charge in [0.15, 0.2) is 0 Å². The minimum Gasteiger partial charge on any atom is -0.469 e. The Hall–Kier alpha value is -1.80. The number of nitrogens with zero attached hydrogens (tertiary/aromatic N) is 2. The molecule has 2 aliphatic rings. The minimum absolute atomic E-state index is 0. The number of nitrogens with one attached hydrogen (secondary N) is 1. The summed E-state index contributed by atoms with van der Waals surface area (Å²) in [6, 6.07) is 17.1. The molecule has 0 bridgehead atoms. The molecule has 2 aromatic rings. The molecule has 4 rings (SSSR count). The third-order valence-corrected chi connectivity index (χ3v) is 6.79. The van der Waals surface area contributed by atoms with Crippen molar-refractivity contribution in [2.45, 2.75) is 31.4 Å². The lowest BCUT2D eigenvalue weighted by molar-refractivity contribution is 0.130. The molecule has 1 N–H and O–H groups in total. The van der Waals surface area contributed by atoms with Crippen LogP contribution in [0.2, 0.25) is 0 Å². The van der Waals surface area contributed by atoms with E-state index in [9.17, 15) is 8.42 Å². The monoisotopic (exact) mass is 423 g/mol. The van der Waals surface area contributed by atoms with Gasteiger partial charge in [0.1, 0.15) is 5.75 Å². The van der Waals surface area contributed by atoms with Crippen molar-refractivity contribution in [3.63, 3.8) is 0 Å². The van der Waals surface area contributed by atoms with Gasteiger partial charge in [-0.2, -0.15) is 0 Å². The average Bonchev–Trinajstić information content (AvgIpc) is 2.62. The first kappa shape index (κ1) is 20.9. The van der Waals surface area contributed by atoms with E-state index in [1.807, 2.05) is 48.5 Å². The van der Waals surface area contributed by atoms with Crippen molar-refractivity contribution in [1.29, 1.82) is 0 Å². The van der Waals surface area contributed by atoms with E-state index in [4.69, 9.17) is 4.74 Å². The van der Waals surface area contributed by atoms with Crippen LogP contribution < -0.4 is 14.4 Å². The van der Waals surface area contributed by atoms with Crippen molar-refractivity contribution in [3.8, 4) is 5.75 Å². The maximum atomic E-state index is 13.5. The molecular formula is C20H26ClN3O3S. The lowest BCUT2D eigenvalue weighted by atomic mass is 10.1. The van der Waals surface area contributed by atoms with Crippen LogP contribution in [-0.2, 0) is 10.0 Å². The summed E-state index contributed by atoms with van der Waals surface area (Å²) in [5, 5.41) is 3.48. The van der Waals surface area contributed by atoms with Gasteiger partial charge in [0, 0.05) is 25.2 Å². The fourth-order valence-corrected chi connectivity index (χ4v) is 5.66. The number of halogens is 1. The molecule has 28 heavy (non-hydrogen) atoms. The van der Waals surface area contributed by atoms with Crippen LogP contribution in [0.25, 0.3) is 0 Å². The number of benzene rings is 2. The highest BCUT2D eigenvalue weighted by Gasteiger charge is 2.42. The Kier molecular flexibility index (Phi) is 6.19. The molecule has 1 saturated heterocycles. The van der Waals surface area contributed by atoms with Crippen LogP contribution in [0, 0.1) is 0 Å². The van der Waals surface area contributed by atoms with Crippen LogP contribution >= 0.6 is 12.4 Å². The number of piperazine rings is 1. The highest BCUT2D eigenvalue weighted by Crippen LogP contribution is 2.42. The van der Waals surface area contributed by atoms with Gasteiger partial charge in [-0.25, -0.2) is 12.7 Å². The first-order valence-corrected chi connectivity index (χ1v) is 10.8. The Morgan fingerprint density at radius 1 is 1.00 bits per heavy atom. The molecule has 0 spiro atoms. The molecule has 3 atom stereocenters. The molecule has 0 radical (unpaired) electrons. The molecule has 2 aliphatic heterocycles. The Morgan fingerprint density at radius 2 is 1.61 bits per heavy atom. The zero-order valence-corrected chi connectivity index (χ0v) is 17.6. The van der Waals surface area contributed by atoms with E-state index in [1.165, 1.54) is 4.31 Å². The lowest BCUT2D eigenvalue weighted by Gasteiger charge is -2.40. The topological polar surface area (TPSA) is 61.9 Å². The fraction of sp³-hybridized carbons (Fsp3) is 0.400. The van der Waals surface area contributed by atoms with Gasteiger partial charge < -0.3 is 10.1 Å². The van der Waals surface area contributed by atoms with Crippen LogP contribution in [0.5, 0.6) is 5.75 Å². The second-order valence-corrected chi connectivity index (χ2v) is 9.27. The summed E-state index contributed by atoms with van der Waals surface area (Å²) in [5.74, 6) is 0.595. The van der Waals surface area contributed by atoms with Gasteiger partial charge in [0.05, 0.1) is 17.9 Å². The molecule has 0 aliphatic carbocycles. The fourth-order valence-electron chi connectivity index (χ4n) is 3.96. The maximum Gasteiger partial charge on any atom is 0.279 e. The minimum atomic E-state index is -3.72. The zero-order chi connectivity index (χ0) is 19.0. The van der Waals surface area contributed by atoms with E-state index in [2.05, 4.69) is 24.1 Å². The Labute approximate surface area is 172 Å². The summed E-state index contributed by atoms with van der Waals surface area (Å²) < 4.78 is 34.3. The van der Waals surface area contributed by atoms with Gasteiger partial charge in [-0.15, -0.1) is 12.4 Å². The number of rotatable bonds is 3. The van der Waals surface area contributed by atoms with E-state index in [-0.39, 0.29) is 12.4 Å². The molecule has 3 unspecified atom stereocenters. The zero-order valence-electron chi connectivity index (χ0n) is 16.0. The number of ether oxygens (including phenoxy) is 1. The maximum absolute atomic E-state index is 13.5. The third-order valence-electron chi connectivity index (χ3n) is 4.96. The highest BCUT2D eigenvalue weighted by atomic mass is 35.5. The third kappa shape index (κ3) is 3.98. The normalized spacial score (nSPS) is 26.6. The van der Waals surface area contributed by atoms with Crippen LogP contribution in [0.1, 0.15) is 13.8 Å². The molecule has 0 aromatic heterocycles. The summed E-state index contributed by atoms with van der Waals surface area (Å²) in [5.41, 5.74) is 0.243. The van der Waals surface area contributed by atoms with Crippen molar-refractivity contribution in [1.82, 2.24) is 10.2 Å². The van der Waals surface area contributed by atoms with Crippen molar-refractivity contribution in [2.75, 3.05) is 23.9 Å². The molecule has 0 saturated carbocycles. The molecule has 0 amide bonds. The van der Waals surface area contributed by atoms with E-state index in [0.717, 1.165) is 13.1 Å². The van der Waals surface area contributed by atoms with Crippen molar-refractivity contribution >= 4 is 33.8 Å². The van der Waals surface area contributed by atoms with Gasteiger partial charge in [0.25, 0.3) is 10.0 Å². The average molecular weight is 424 g/mol. The summed E-state index contributed by atoms with van der Waals surface area (Å²) in [4.78, 5) is 2.17. The summed E-state index contributed by atoms with van der Waals surface area (Å²) in [6.45, 7) is 6.17. The smallest absolute Gasteiger partial charge is 0.279 e.